The summed E-state index contributed by atoms with van der Waals surface area (Å²) in [6.07, 6.45) is 0. The molecule has 0 unspecified atom stereocenters. The van der Waals surface area contributed by atoms with E-state index in [1.807, 2.05) is 26.0 Å². The van der Waals surface area contributed by atoms with E-state index in [4.69, 9.17) is 11.6 Å². The highest BCUT2D eigenvalue weighted by molar-refractivity contribution is 7.91. The zero-order valence-corrected chi connectivity index (χ0v) is 14.4. The van der Waals surface area contributed by atoms with Crippen molar-refractivity contribution in [2.75, 3.05) is 11.9 Å². The Morgan fingerprint density at radius 3 is 2.55 bits per heavy atom. The van der Waals surface area contributed by atoms with Gasteiger partial charge in [-0.3, -0.25) is 4.79 Å². The highest BCUT2D eigenvalue weighted by atomic mass is 35.5. The molecule has 8 heteroatoms. The van der Waals surface area contributed by atoms with Gasteiger partial charge in [-0.25, -0.2) is 13.1 Å². The average Bonchev–Trinajstić information content (AvgIpc) is 2.87. The smallest absolute Gasteiger partial charge is 0.250 e. The molecule has 0 atom stereocenters. The fraction of sp³-hybridized carbons (Fsp3) is 0.214. The number of hydrogen-bond acceptors (Lipinski definition) is 4. The molecule has 2 N–H and O–H groups in total. The normalized spacial score (nSPS) is 11.4. The van der Waals surface area contributed by atoms with Gasteiger partial charge in [0.25, 0.3) is 10.0 Å². The third kappa shape index (κ3) is 4.30. The molecule has 118 valence electrons. The second kappa shape index (κ2) is 6.78. The molecule has 0 radical (unpaired) electrons. The predicted molar refractivity (Wildman–Crippen MR) is 89.1 cm³/mol. The van der Waals surface area contributed by atoms with Crippen LogP contribution in [0.25, 0.3) is 0 Å². The van der Waals surface area contributed by atoms with Gasteiger partial charge < -0.3 is 5.32 Å². The summed E-state index contributed by atoms with van der Waals surface area (Å²) in [6.45, 7) is 3.49. The Labute approximate surface area is 138 Å². The van der Waals surface area contributed by atoms with Crippen molar-refractivity contribution in [1.82, 2.24) is 4.72 Å². The lowest BCUT2D eigenvalue weighted by atomic mass is 10.1. The largest absolute Gasteiger partial charge is 0.325 e. The van der Waals surface area contributed by atoms with Crippen LogP contribution < -0.4 is 10.0 Å². The van der Waals surface area contributed by atoms with E-state index < -0.39 is 15.9 Å². The first kappa shape index (κ1) is 17.0. The number of aryl methyl sites for hydroxylation is 2. The van der Waals surface area contributed by atoms with Crippen molar-refractivity contribution in [3.8, 4) is 0 Å². The van der Waals surface area contributed by atoms with Crippen LogP contribution in [0.2, 0.25) is 4.34 Å². The Balaban J connectivity index is 1.98. The third-order valence-corrected chi connectivity index (χ3v) is 6.02. The maximum Gasteiger partial charge on any atom is 0.250 e. The van der Waals surface area contributed by atoms with E-state index in [1.165, 1.54) is 12.1 Å². The average molecular weight is 359 g/mol. The fourth-order valence-corrected chi connectivity index (χ4v) is 4.33. The number of rotatable bonds is 5. The van der Waals surface area contributed by atoms with Crippen molar-refractivity contribution < 1.29 is 13.2 Å². The summed E-state index contributed by atoms with van der Waals surface area (Å²) in [5, 5.41) is 2.68. The maximum atomic E-state index is 12.0. The first-order valence-corrected chi connectivity index (χ1v) is 9.08. The summed E-state index contributed by atoms with van der Waals surface area (Å²) in [4.78, 5) is 11.9. The molecular formula is C14H15ClN2O3S2. The van der Waals surface area contributed by atoms with E-state index in [0.717, 1.165) is 22.5 Å². The van der Waals surface area contributed by atoms with Gasteiger partial charge in [0.2, 0.25) is 5.91 Å². The fourth-order valence-electron chi connectivity index (χ4n) is 1.82. The molecule has 0 aliphatic heterocycles. The van der Waals surface area contributed by atoms with Gasteiger partial charge in [0.15, 0.2) is 0 Å². The van der Waals surface area contributed by atoms with E-state index >= 15 is 0 Å². The predicted octanol–water partition coefficient (Wildman–Crippen LogP) is 2.94. The van der Waals surface area contributed by atoms with Crippen LogP contribution in [0.3, 0.4) is 0 Å². The molecule has 5 nitrogen and oxygen atoms in total. The lowest BCUT2D eigenvalue weighted by Gasteiger charge is -2.09. The van der Waals surface area contributed by atoms with Gasteiger partial charge in [-0.05, 0) is 37.6 Å². The minimum Gasteiger partial charge on any atom is -0.325 e. The van der Waals surface area contributed by atoms with Crippen molar-refractivity contribution in [3.05, 3.63) is 45.8 Å². The molecule has 1 amide bonds. The number of carbonyl (C=O) groups excluding carboxylic acids is 1. The SMILES string of the molecule is Cc1ccc(NC(=O)CNS(=O)(=O)c2ccc(Cl)s2)c(C)c1. The van der Waals surface area contributed by atoms with Crippen molar-refractivity contribution >= 4 is 44.6 Å². The summed E-state index contributed by atoms with van der Waals surface area (Å²) in [5.74, 6) is -0.432. The zero-order valence-electron chi connectivity index (χ0n) is 12.0. The van der Waals surface area contributed by atoms with Crippen LogP contribution in [0.15, 0.2) is 34.5 Å². The Kier molecular flexibility index (Phi) is 5.23. The Bertz CT molecular complexity index is 800. The van der Waals surface area contributed by atoms with Gasteiger partial charge in [-0.15, -0.1) is 11.3 Å². The molecule has 0 aliphatic rings. The van der Waals surface area contributed by atoms with Crippen LogP contribution in [-0.4, -0.2) is 20.9 Å². The van der Waals surface area contributed by atoms with Crippen LogP contribution in [0.1, 0.15) is 11.1 Å². The van der Waals surface area contributed by atoms with Gasteiger partial charge >= 0.3 is 0 Å². The highest BCUT2D eigenvalue weighted by Gasteiger charge is 2.17. The monoisotopic (exact) mass is 358 g/mol. The minimum absolute atomic E-state index is 0.0804. The molecule has 0 bridgehead atoms. The number of carbonyl (C=O) groups is 1. The first-order chi connectivity index (χ1) is 10.3. The summed E-state index contributed by atoms with van der Waals surface area (Å²) in [7, 11) is -3.72. The van der Waals surface area contributed by atoms with E-state index in [2.05, 4.69) is 10.0 Å². The summed E-state index contributed by atoms with van der Waals surface area (Å²) >= 11 is 6.65. The molecule has 1 heterocycles. The van der Waals surface area contributed by atoms with Gasteiger partial charge in [0.05, 0.1) is 10.9 Å². The molecule has 0 saturated heterocycles. The topological polar surface area (TPSA) is 75.3 Å². The number of sulfonamides is 1. The number of amides is 1. The molecule has 0 fully saturated rings. The number of hydrogen-bond donors (Lipinski definition) is 2. The molecule has 2 aromatic rings. The lowest BCUT2D eigenvalue weighted by Crippen LogP contribution is -2.32. The van der Waals surface area contributed by atoms with E-state index in [0.29, 0.717) is 10.0 Å². The number of nitrogens with one attached hydrogen (secondary N) is 2. The van der Waals surface area contributed by atoms with Gasteiger partial charge in [-0.1, -0.05) is 29.3 Å². The summed E-state index contributed by atoms with van der Waals surface area (Å²) in [5.41, 5.74) is 2.67. The molecule has 1 aromatic carbocycles. The molecular weight excluding hydrogens is 344 g/mol. The summed E-state index contributed by atoms with van der Waals surface area (Å²) in [6, 6.07) is 8.50. The van der Waals surface area contributed by atoms with Crippen molar-refractivity contribution in [2.45, 2.75) is 18.1 Å². The van der Waals surface area contributed by atoms with E-state index in [1.54, 1.807) is 6.07 Å². The highest BCUT2D eigenvalue weighted by Crippen LogP contribution is 2.25. The summed E-state index contributed by atoms with van der Waals surface area (Å²) < 4.78 is 26.7. The Morgan fingerprint density at radius 1 is 1.23 bits per heavy atom. The van der Waals surface area contributed by atoms with Crippen LogP contribution in [0.5, 0.6) is 0 Å². The van der Waals surface area contributed by atoms with Crippen molar-refractivity contribution in [2.24, 2.45) is 0 Å². The van der Waals surface area contributed by atoms with Gasteiger partial charge in [-0.2, -0.15) is 0 Å². The van der Waals surface area contributed by atoms with Crippen LogP contribution in [-0.2, 0) is 14.8 Å². The third-order valence-electron chi connectivity index (χ3n) is 2.89. The molecule has 22 heavy (non-hydrogen) atoms. The maximum absolute atomic E-state index is 12.0. The number of thiophene rings is 1. The number of anilines is 1. The minimum atomic E-state index is -3.72. The van der Waals surface area contributed by atoms with E-state index in [-0.39, 0.29) is 10.8 Å². The van der Waals surface area contributed by atoms with E-state index in [9.17, 15) is 13.2 Å². The van der Waals surface area contributed by atoms with Crippen molar-refractivity contribution in [3.63, 3.8) is 0 Å². The molecule has 0 saturated carbocycles. The second-order valence-corrected chi connectivity index (χ2v) is 8.46. The number of benzene rings is 1. The molecule has 0 aliphatic carbocycles. The van der Waals surface area contributed by atoms with Gasteiger partial charge in [0.1, 0.15) is 4.21 Å². The van der Waals surface area contributed by atoms with Crippen molar-refractivity contribution in [1.29, 1.82) is 0 Å². The Morgan fingerprint density at radius 2 is 1.95 bits per heavy atom. The molecule has 0 spiro atoms. The van der Waals surface area contributed by atoms with Gasteiger partial charge in [0, 0.05) is 5.69 Å². The molecule has 2 rings (SSSR count). The standard InChI is InChI=1S/C14H15ClN2O3S2/c1-9-3-4-11(10(2)7-9)17-13(18)8-16-22(19,20)14-6-5-12(15)21-14/h3-7,16H,8H2,1-2H3,(H,17,18). The van der Waals surface area contributed by atoms with Crippen LogP contribution in [0, 0.1) is 13.8 Å². The second-order valence-electron chi connectivity index (χ2n) is 4.75. The first-order valence-electron chi connectivity index (χ1n) is 6.40. The quantitative estimate of drug-likeness (QED) is 0.862. The number of halogens is 1. The van der Waals surface area contributed by atoms with Crippen LogP contribution in [0.4, 0.5) is 5.69 Å². The lowest BCUT2D eigenvalue weighted by molar-refractivity contribution is -0.115. The Hall–Kier alpha value is -1.41. The molecule has 1 aromatic heterocycles. The van der Waals surface area contributed by atoms with Crippen LogP contribution >= 0.6 is 22.9 Å². The zero-order chi connectivity index (χ0) is 16.3.